The van der Waals surface area contributed by atoms with Gasteiger partial charge in [0.1, 0.15) is 5.75 Å². The van der Waals surface area contributed by atoms with Crippen LogP contribution < -0.4 is 9.64 Å². The number of fused-ring (bicyclic) bond motifs is 1. The molecule has 5 nitrogen and oxygen atoms in total. The second kappa shape index (κ2) is 10.3. The van der Waals surface area contributed by atoms with E-state index in [1.165, 1.54) is 5.56 Å². The highest BCUT2D eigenvalue weighted by atomic mass is 16.5. The average Bonchev–Trinajstić information content (AvgIpc) is 2.83. The van der Waals surface area contributed by atoms with Gasteiger partial charge in [-0.15, -0.1) is 0 Å². The number of allylic oxidation sites excluding steroid dienone is 1. The molecule has 0 spiro atoms. The van der Waals surface area contributed by atoms with Crippen molar-refractivity contribution in [2.45, 2.75) is 44.6 Å². The fourth-order valence-electron chi connectivity index (χ4n) is 4.68. The highest BCUT2D eigenvalue weighted by Crippen LogP contribution is 2.33. The number of carbonyl (C=O) groups is 1. The number of hydrogen-bond donors (Lipinski definition) is 1. The summed E-state index contributed by atoms with van der Waals surface area (Å²) in [5.74, 6) is 0.995. The van der Waals surface area contributed by atoms with E-state index in [9.17, 15) is 9.90 Å². The van der Waals surface area contributed by atoms with E-state index in [0.717, 1.165) is 62.3 Å². The minimum absolute atomic E-state index is 0.174. The van der Waals surface area contributed by atoms with Gasteiger partial charge in [-0.05, 0) is 49.8 Å². The number of aryl methyl sites for hydroxylation is 1. The summed E-state index contributed by atoms with van der Waals surface area (Å²) in [4.78, 5) is 16.6. The maximum atomic E-state index is 12.4. The van der Waals surface area contributed by atoms with Crippen LogP contribution in [-0.2, 0) is 16.8 Å². The Kier molecular flexibility index (Phi) is 7.28. The van der Waals surface area contributed by atoms with Crippen LogP contribution in [0.3, 0.4) is 0 Å². The van der Waals surface area contributed by atoms with Gasteiger partial charge in [0.2, 0.25) is 5.91 Å². The van der Waals surface area contributed by atoms with Gasteiger partial charge < -0.3 is 19.6 Å². The molecule has 1 N–H and O–H groups in total. The molecule has 2 aliphatic rings. The maximum Gasteiger partial charge on any atom is 0.227 e. The number of hydrogen-bond acceptors (Lipinski definition) is 4. The lowest BCUT2D eigenvalue weighted by molar-refractivity contribution is -0.118. The summed E-state index contributed by atoms with van der Waals surface area (Å²) < 4.78 is 6.03. The van der Waals surface area contributed by atoms with Crippen molar-refractivity contribution >= 4 is 11.6 Å². The van der Waals surface area contributed by atoms with E-state index in [1.54, 1.807) is 0 Å². The van der Waals surface area contributed by atoms with Gasteiger partial charge in [-0.3, -0.25) is 4.79 Å². The topological polar surface area (TPSA) is 53.0 Å². The molecule has 0 atom stereocenters. The summed E-state index contributed by atoms with van der Waals surface area (Å²) in [5.41, 5.74) is 2.51. The summed E-state index contributed by atoms with van der Waals surface area (Å²) in [5, 5.41) is 11.0. The number of piperidine rings is 1. The van der Waals surface area contributed by atoms with Gasteiger partial charge in [0.05, 0.1) is 17.9 Å². The lowest BCUT2D eigenvalue weighted by Crippen LogP contribution is -2.43. The number of rotatable bonds is 8. The predicted octanol–water partition coefficient (Wildman–Crippen LogP) is 4.29. The summed E-state index contributed by atoms with van der Waals surface area (Å²) >= 11 is 0. The third-order valence-electron chi connectivity index (χ3n) is 6.66. The molecule has 2 heterocycles. The second-order valence-electron chi connectivity index (χ2n) is 8.81. The van der Waals surface area contributed by atoms with Gasteiger partial charge in [-0.25, -0.2) is 0 Å². The first-order chi connectivity index (χ1) is 15.6. The molecule has 5 heteroatoms. The Morgan fingerprint density at radius 1 is 1.09 bits per heavy atom. The molecular weight excluding hydrogens is 400 g/mol. The number of carbonyl (C=O) groups excluding carboxylic acids is 1. The average molecular weight is 435 g/mol. The molecule has 1 fully saturated rings. The number of amides is 1. The molecule has 0 radical (unpaired) electrons. The molecular formula is C27H34N2O3. The van der Waals surface area contributed by atoms with E-state index in [0.29, 0.717) is 19.6 Å². The van der Waals surface area contributed by atoms with Gasteiger partial charge in [0, 0.05) is 38.7 Å². The molecule has 0 unspecified atom stereocenters. The van der Waals surface area contributed by atoms with Crippen LogP contribution in [0, 0.1) is 0 Å². The van der Waals surface area contributed by atoms with Crippen LogP contribution >= 0.6 is 0 Å². The third kappa shape index (κ3) is 5.22. The zero-order valence-electron chi connectivity index (χ0n) is 19.0. The van der Waals surface area contributed by atoms with E-state index in [-0.39, 0.29) is 5.91 Å². The van der Waals surface area contributed by atoms with Crippen LogP contribution in [0.4, 0.5) is 5.69 Å². The van der Waals surface area contributed by atoms with Crippen molar-refractivity contribution in [3.63, 3.8) is 0 Å². The molecule has 1 saturated heterocycles. The van der Waals surface area contributed by atoms with Crippen LogP contribution in [0.2, 0.25) is 0 Å². The minimum Gasteiger partial charge on any atom is -0.493 e. The number of ether oxygens (including phenoxy) is 1. The lowest BCUT2D eigenvalue weighted by atomic mass is 9.84. The lowest BCUT2D eigenvalue weighted by Gasteiger charge is -2.38. The normalized spacial score (nSPS) is 18.7. The van der Waals surface area contributed by atoms with E-state index in [2.05, 4.69) is 11.0 Å². The standard InChI is InChI=1S/C27H34N2O3/c1-2-3-17-29-25-21-24(12-10-22(25)11-13-26(29)30)32-20-7-16-28-18-14-27(31,15-19-28)23-8-5-4-6-9-23/h2-6,8-10,12,21,31H,7,11,13-20H2,1H3/b3-2+. The van der Waals surface area contributed by atoms with Crippen LogP contribution in [0.25, 0.3) is 0 Å². The van der Waals surface area contributed by atoms with Crippen LogP contribution in [0.15, 0.2) is 60.7 Å². The zero-order chi connectivity index (χ0) is 22.4. The van der Waals surface area contributed by atoms with Crippen LogP contribution in [0.1, 0.15) is 43.7 Å². The van der Waals surface area contributed by atoms with Crippen molar-refractivity contribution in [3.05, 3.63) is 71.8 Å². The van der Waals surface area contributed by atoms with Crippen molar-refractivity contribution in [3.8, 4) is 5.75 Å². The minimum atomic E-state index is -0.701. The summed E-state index contributed by atoms with van der Waals surface area (Å²) in [6.07, 6.45) is 7.81. The molecule has 1 amide bonds. The molecule has 0 bridgehead atoms. The monoisotopic (exact) mass is 434 g/mol. The maximum absolute atomic E-state index is 12.4. The quantitative estimate of drug-likeness (QED) is 0.497. The van der Waals surface area contributed by atoms with Crippen LogP contribution in [-0.4, -0.2) is 48.7 Å². The number of benzene rings is 2. The Hall–Kier alpha value is -2.63. The molecule has 2 aliphatic heterocycles. The Bertz CT molecular complexity index is 933. The molecule has 2 aromatic rings. The second-order valence-corrected chi connectivity index (χ2v) is 8.81. The smallest absolute Gasteiger partial charge is 0.227 e. The molecule has 32 heavy (non-hydrogen) atoms. The fraction of sp³-hybridized carbons (Fsp3) is 0.444. The number of aliphatic hydroxyl groups is 1. The van der Waals surface area contributed by atoms with E-state index < -0.39 is 5.60 Å². The van der Waals surface area contributed by atoms with E-state index >= 15 is 0 Å². The number of anilines is 1. The predicted molar refractivity (Wildman–Crippen MR) is 128 cm³/mol. The van der Waals surface area contributed by atoms with Crippen molar-refractivity contribution in [2.24, 2.45) is 0 Å². The molecule has 2 aromatic carbocycles. The first-order valence-electron chi connectivity index (χ1n) is 11.8. The van der Waals surface area contributed by atoms with Crippen molar-refractivity contribution < 1.29 is 14.6 Å². The SMILES string of the molecule is C/C=C/CN1C(=O)CCc2ccc(OCCCN3CCC(O)(c4ccccc4)CC3)cc21. The molecule has 0 saturated carbocycles. The molecule has 4 rings (SSSR count). The number of likely N-dealkylation sites (tertiary alicyclic amines) is 1. The first-order valence-corrected chi connectivity index (χ1v) is 11.8. The Morgan fingerprint density at radius 2 is 1.88 bits per heavy atom. The third-order valence-corrected chi connectivity index (χ3v) is 6.66. The van der Waals surface area contributed by atoms with Gasteiger partial charge >= 0.3 is 0 Å². The summed E-state index contributed by atoms with van der Waals surface area (Å²) in [6.45, 7) is 5.97. The highest BCUT2D eigenvalue weighted by molar-refractivity contribution is 5.96. The Balaban J connectivity index is 1.25. The molecule has 0 aliphatic carbocycles. The van der Waals surface area contributed by atoms with Crippen molar-refractivity contribution in [2.75, 3.05) is 37.7 Å². The van der Waals surface area contributed by atoms with E-state index in [1.807, 2.05) is 66.4 Å². The van der Waals surface area contributed by atoms with E-state index in [4.69, 9.17) is 4.74 Å². The summed E-state index contributed by atoms with van der Waals surface area (Å²) in [7, 11) is 0. The van der Waals surface area contributed by atoms with Gasteiger partial charge in [0.15, 0.2) is 0 Å². The zero-order valence-corrected chi connectivity index (χ0v) is 19.0. The van der Waals surface area contributed by atoms with Crippen LogP contribution in [0.5, 0.6) is 5.75 Å². The number of nitrogens with zero attached hydrogens (tertiary/aromatic N) is 2. The Morgan fingerprint density at radius 3 is 2.62 bits per heavy atom. The van der Waals surface area contributed by atoms with Crippen molar-refractivity contribution in [1.82, 2.24) is 4.90 Å². The van der Waals surface area contributed by atoms with Gasteiger partial charge in [-0.1, -0.05) is 48.6 Å². The summed E-state index contributed by atoms with van der Waals surface area (Å²) in [6, 6.07) is 16.1. The first kappa shape index (κ1) is 22.6. The molecule has 170 valence electrons. The van der Waals surface area contributed by atoms with Crippen molar-refractivity contribution in [1.29, 1.82) is 0 Å². The Labute approximate surface area is 191 Å². The largest absolute Gasteiger partial charge is 0.493 e. The van der Waals surface area contributed by atoms with Gasteiger partial charge in [0.25, 0.3) is 0 Å². The highest BCUT2D eigenvalue weighted by Gasteiger charge is 2.33. The molecule has 0 aromatic heterocycles. The van der Waals surface area contributed by atoms with Gasteiger partial charge in [-0.2, -0.15) is 0 Å². The fourth-order valence-corrected chi connectivity index (χ4v) is 4.68.